The van der Waals surface area contributed by atoms with Crippen LogP contribution in [0.3, 0.4) is 0 Å². The molecule has 0 saturated heterocycles. The minimum atomic E-state index is -0.525. The molecule has 0 aliphatic carbocycles. The van der Waals surface area contributed by atoms with Crippen LogP contribution in [0.1, 0.15) is 10.4 Å². The van der Waals surface area contributed by atoms with Gasteiger partial charge in [0.25, 0.3) is 17.5 Å². The molecule has 1 aromatic heterocycles. The third-order valence-electron chi connectivity index (χ3n) is 3.64. The molecule has 2 heterocycles. The summed E-state index contributed by atoms with van der Waals surface area (Å²) in [4.78, 5) is 36.4. The Labute approximate surface area is 141 Å². The van der Waals surface area contributed by atoms with E-state index in [1.807, 2.05) is 30.3 Å². The van der Waals surface area contributed by atoms with Gasteiger partial charge in [-0.1, -0.05) is 30.3 Å². The van der Waals surface area contributed by atoms with Crippen LogP contribution in [-0.4, -0.2) is 28.7 Å². The standard InChI is InChI=1S/C16H13N3O4S/c1-18-15(20)13(12-7-11(9-24-12)19(22)23)14(16(18)21)17-8-10-5-3-2-4-6-10/h2-7,9,17H,8H2,1H3. The highest BCUT2D eigenvalue weighted by Gasteiger charge is 2.37. The number of likely N-dealkylation sites (N-methyl/N-ethyl adjacent to an activating group) is 1. The van der Waals surface area contributed by atoms with Crippen molar-refractivity contribution >= 4 is 34.4 Å². The molecule has 3 rings (SSSR count). The van der Waals surface area contributed by atoms with E-state index in [0.29, 0.717) is 11.4 Å². The number of imide groups is 1. The van der Waals surface area contributed by atoms with Crippen LogP contribution in [-0.2, 0) is 16.1 Å². The second-order valence-corrected chi connectivity index (χ2v) is 6.10. The van der Waals surface area contributed by atoms with Crippen LogP contribution in [0.25, 0.3) is 5.57 Å². The van der Waals surface area contributed by atoms with E-state index in [-0.39, 0.29) is 17.0 Å². The van der Waals surface area contributed by atoms with E-state index in [9.17, 15) is 19.7 Å². The minimum Gasteiger partial charge on any atom is -0.376 e. The number of benzene rings is 1. The molecule has 0 unspecified atom stereocenters. The van der Waals surface area contributed by atoms with E-state index in [1.54, 1.807) is 0 Å². The van der Waals surface area contributed by atoms with Crippen molar-refractivity contribution in [2.45, 2.75) is 6.54 Å². The van der Waals surface area contributed by atoms with Crippen LogP contribution in [0, 0.1) is 10.1 Å². The average molecular weight is 343 g/mol. The summed E-state index contributed by atoms with van der Waals surface area (Å²) < 4.78 is 0. The van der Waals surface area contributed by atoms with Gasteiger partial charge in [-0.15, -0.1) is 11.3 Å². The molecule has 0 bridgehead atoms. The molecule has 0 atom stereocenters. The summed E-state index contributed by atoms with van der Waals surface area (Å²) in [7, 11) is 1.39. The normalized spacial score (nSPS) is 14.5. The lowest BCUT2D eigenvalue weighted by atomic mass is 10.1. The number of nitrogens with one attached hydrogen (secondary N) is 1. The van der Waals surface area contributed by atoms with Crippen LogP contribution in [0.5, 0.6) is 0 Å². The van der Waals surface area contributed by atoms with Crippen LogP contribution < -0.4 is 5.32 Å². The number of rotatable bonds is 5. The first-order valence-corrected chi connectivity index (χ1v) is 7.94. The fourth-order valence-corrected chi connectivity index (χ4v) is 3.27. The molecule has 0 fully saturated rings. The van der Waals surface area contributed by atoms with Crippen LogP contribution in [0.2, 0.25) is 0 Å². The van der Waals surface area contributed by atoms with Gasteiger partial charge in [-0.3, -0.25) is 24.6 Å². The highest BCUT2D eigenvalue weighted by atomic mass is 32.1. The number of hydrogen-bond acceptors (Lipinski definition) is 6. The average Bonchev–Trinajstić information content (AvgIpc) is 3.14. The monoisotopic (exact) mass is 343 g/mol. The third-order valence-corrected chi connectivity index (χ3v) is 4.58. The Balaban J connectivity index is 1.95. The molecule has 2 aromatic rings. The zero-order valence-corrected chi connectivity index (χ0v) is 13.5. The van der Waals surface area contributed by atoms with Crippen molar-refractivity contribution in [3.8, 4) is 0 Å². The molecule has 7 nitrogen and oxygen atoms in total. The molecule has 1 aliphatic rings. The lowest BCUT2D eigenvalue weighted by molar-refractivity contribution is -0.384. The Morgan fingerprint density at radius 3 is 2.54 bits per heavy atom. The molecular weight excluding hydrogens is 330 g/mol. The van der Waals surface area contributed by atoms with Gasteiger partial charge in [-0.05, 0) is 5.56 Å². The Hall–Kier alpha value is -3.00. The lowest BCUT2D eigenvalue weighted by Gasteiger charge is -2.08. The van der Waals surface area contributed by atoms with Crippen molar-refractivity contribution in [2.75, 3.05) is 7.05 Å². The van der Waals surface area contributed by atoms with Gasteiger partial charge in [-0.2, -0.15) is 0 Å². The van der Waals surface area contributed by atoms with E-state index in [2.05, 4.69) is 5.32 Å². The summed E-state index contributed by atoms with van der Waals surface area (Å²) in [6, 6.07) is 10.7. The first-order chi connectivity index (χ1) is 11.5. The molecule has 0 spiro atoms. The highest BCUT2D eigenvalue weighted by molar-refractivity contribution is 7.12. The van der Waals surface area contributed by atoms with E-state index in [4.69, 9.17) is 0 Å². The third kappa shape index (κ3) is 2.79. The fraction of sp³-hybridized carbons (Fsp3) is 0.125. The Bertz CT molecular complexity index is 857. The van der Waals surface area contributed by atoms with Crippen molar-refractivity contribution in [1.29, 1.82) is 0 Å². The van der Waals surface area contributed by atoms with Crippen molar-refractivity contribution in [1.82, 2.24) is 10.2 Å². The van der Waals surface area contributed by atoms with Crippen molar-refractivity contribution in [3.05, 3.63) is 68.0 Å². The minimum absolute atomic E-state index is 0.0975. The largest absolute Gasteiger partial charge is 0.376 e. The molecule has 1 N–H and O–H groups in total. The van der Waals surface area contributed by atoms with Crippen molar-refractivity contribution in [3.63, 3.8) is 0 Å². The Morgan fingerprint density at radius 1 is 1.21 bits per heavy atom. The molecule has 1 aliphatic heterocycles. The van der Waals surface area contributed by atoms with E-state index < -0.39 is 16.7 Å². The van der Waals surface area contributed by atoms with Gasteiger partial charge in [0.2, 0.25) is 0 Å². The van der Waals surface area contributed by atoms with Gasteiger partial charge < -0.3 is 5.32 Å². The Kier molecular flexibility index (Phi) is 4.13. The number of nitro groups is 1. The van der Waals surface area contributed by atoms with E-state index in [0.717, 1.165) is 21.8 Å². The predicted octanol–water partition coefficient (Wildman–Crippen LogP) is 2.16. The summed E-state index contributed by atoms with van der Waals surface area (Å²) >= 11 is 1.07. The van der Waals surface area contributed by atoms with Gasteiger partial charge >= 0.3 is 0 Å². The smallest absolute Gasteiger partial charge is 0.280 e. The number of carbonyl (C=O) groups excluding carboxylic acids is 2. The molecule has 24 heavy (non-hydrogen) atoms. The van der Waals surface area contributed by atoms with E-state index >= 15 is 0 Å². The maximum absolute atomic E-state index is 12.4. The molecular formula is C16H13N3O4S. The summed E-state index contributed by atoms with van der Waals surface area (Å²) in [5.41, 5.74) is 1.20. The predicted molar refractivity (Wildman–Crippen MR) is 89.0 cm³/mol. The molecule has 8 heteroatoms. The Morgan fingerprint density at radius 2 is 1.92 bits per heavy atom. The number of nitrogens with zero attached hydrogens (tertiary/aromatic N) is 2. The van der Waals surface area contributed by atoms with Crippen LogP contribution in [0.4, 0.5) is 5.69 Å². The first kappa shape index (κ1) is 15.9. The molecule has 1 aromatic carbocycles. The van der Waals surface area contributed by atoms with Gasteiger partial charge in [-0.25, -0.2) is 0 Å². The zero-order valence-electron chi connectivity index (χ0n) is 12.7. The molecule has 0 radical (unpaired) electrons. The summed E-state index contributed by atoms with van der Waals surface area (Å²) in [5, 5.41) is 15.2. The van der Waals surface area contributed by atoms with Crippen molar-refractivity contribution < 1.29 is 14.5 Å². The maximum atomic E-state index is 12.4. The number of thiophene rings is 1. The number of carbonyl (C=O) groups is 2. The van der Waals surface area contributed by atoms with Gasteiger partial charge in [0.1, 0.15) is 5.70 Å². The van der Waals surface area contributed by atoms with E-state index in [1.165, 1.54) is 18.5 Å². The van der Waals surface area contributed by atoms with Gasteiger partial charge in [0.15, 0.2) is 0 Å². The summed E-state index contributed by atoms with van der Waals surface area (Å²) in [6.07, 6.45) is 0. The van der Waals surface area contributed by atoms with Crippen molar-refractivity contribution in [2.24, 2.45) is 0 Å². The topological polar surface area (TPSA) is 92.6 Å². The quantitative estimate of drug-likeness (QED) is 0.510. The SMILES string of the molecule is CN1C(=O)C(NCc2ccccc2)=C(c2cc([N+](=O)[O-])cs2)C1=O. The fourth-order valence-electron chi connectivity index (χ4n) is 2.37. The maximum Gasteiger partial charge on any atom is 0.280 e. The first-order valence-electron chi connectivity index (χ1n) is 7.07. The highest BCUT2D eigenvalue weighted by Crippen LogP contribution is 2.33. The van der Waals surface area contributed by atoms with Crippen LogP contribution in [0.15, 0.2) is 47.5 Å². The molecule has 0 saturated carbocycles. The second-order valence-electron chi connectivity index (χ2n) is 5.18. The van der Waals surface area contributed by atoms with Gasteiger partial charge in [0, 0.05) is 24.5 Å². The second kappa shape index (κ2) is 6.25. The summed E-state index contributed by atoms with van der Waals surface area (Å²) in [5.74, 6) is -0.908. The zero-order chi connectivity index (χ0) is 17.3. The molecule has 122 valence electrons. The van der Waals surface area contributed by atoms with Crippen LogP contribution >= 0.6 is 11.3 Å². The number of amides is 2. The lowest BCUT2D eigenvalue weighted by Crippen LogP contribution is -2.29. The summed E-state index contributed by atoms with van der Waals surface area (Å²) in [6.45, 7) is 0.375. The molecule has 2 amide bonds. The number of hydrogen-bond donors (Lipinski definition) is 1. The van der Waals surface area contributed by atoms with Gasteiger partial charge in [0.05, 0.1) is 15.9 Å².